The minimum Gasteiger partial charge on any atom is -0.298 e. The van der Waals surface area contributed by atoms with Crippen LogP contribution in [0.3, 0.4) is 0 Å². The Bertz CT molecular complexity index is 324. The summed E-state index contributed by atoms with van der Waals surface area (Å²) in [5.74, 6) is 0. The SMILES string of the molecule is O=Cc1ccc2c(c1)CC=C2. The molecule has 1 aliphatic carbocycles. The van der Waals surface area contributed by atoms with E-state index >= 15 is 0 Å². The second kappa shape index (κ2) is 2.35. The van der Waals surface area contributed by atoms with Gasteiger partial charge in [-0.05, 0) is 23.6 Å². The van der Waals surface area contributed by atoms with E-state index in [-0.39, 0.29) is 0 Å². The van der Waals surface area contributed by atoms with Gasteiger partial charge in [0.2, 0.25) is 0 Å². The number of rotatable bonds is 1. The Morgan fingerprint density at radius 3 is 3.09 bits per heavy atom. The summed E-state index contributed by atoms with van der Waals surface area (Å²) in [4.78, 5) is 10.4. The van der Waals surface area contributed by atoms with Gasteiger partial charge in [-0.15, -0.1) is 0 Å². The molecule has 54 valence electrons. The first-order valence-corrected chi connectivity index (χ1v) is 3.65. The molecular weight excluding hydrogens is 136 g/mol. The van der Waals surface area contributed by atoms with Gasteiger partial charge in [0.1, 0.15) is 6.29 Å². The molecule has 0 saturated heterocycles. The van der Waals surface area contributed by atoms with Gasteiger partial charge in [0.05, 0.1) is 0 Å². The van der Waals surface area contributed by atoms with E-state index in [9.17, 15) is 4.79 Å². The maximum atomic E-state index is 10.4. The lowest BCUT2D eigenvalue weighted by Gasteiger charge is -1.97. The van der Waals surface area contributed by atoms with E-state index in [0.29, 0.717) is 0 Å². The van der Waals surface area contributed by atoms with E-state index in [4.69, 9.17) is 0 Å². The number of aldehydes is 1. The first-order valence-electron chi connectivity index (χ1n) is 3.65. The fourth-order valence-corrected chi connectivity index (χ4v) is 1.35. The molecule has 0 heterocycles. The van der Waals surface area contributed by atoms with Crippen molar-refractivity contribution in [3.05, 3.63) is 41.0 Å². The molecule has 1 aliphatic rings. The van der Waals surface area contributed by atoms with Crippen LogP contribution in [0.1, 0.15) is 21.5 Å². The fourth-order valence-electron chi connectivity index (χ4n) is 1.35. The van der Waals surface area contributed by atoms with Gasteiger partial charge in [-0.3, -0.25) is 4.79 Å². The molecule has 0 bridgehead atoms. The smallest absolute Gasteiger partial charge is 0.150 e. The summed E-state index contributed by atoms with van der Waals surface area (Å²) in [6, 6.07) is 5.78. The number of hydrogen-bond acceptors (Lipinski definition) is 1. The van der Waals surface area contributed by atoms with Crippen molar-refractivity contribution >= 4 is 12.4 Å². The molecule has 0 spiro atoms. The second-order valence-corrected chi connectivity index (χ2v) is 2.68. The fraction of sp³-hybridized carbons (Fsp3) is 0.100. The standard InChI is InChI=1S/C10H8O/c11-7-8-4-5-9-2-1-3-10(9)6-8/h1-2,4-7H,3H2. The van der Waals surface area contributed by atoms with Crippen LogP contribution < -0.4 is 0 Å². The van der Waals surface area contributed by atoms with Crippen LogP contribution in [0.2, 0.25) is 0 Å². The van der Waals surface area contributed by atoms with Crippen LogP contribution in [0.4, 0.5) is 0 Å². The van der Waals surface area contributed by atoms with Crippen molar-refractivity contribution in [2.45, 2.75) is 6.42 Å². The molecule has 0 aromatic heterocycles. The molecule has 0 fully saturated rings. The first-order chi connectivity index (χ1) is 5.40. The highest BCUT2D eigenvalue weighted by molar-refractivity contribution is 5.77. The summed E-state index contributed by atoms with van der Waals surface area (Å²) >= 11 is 0. The van der Waals surface area contributed by atoms with Gasteiger partial charge in [-0.1, -0.05) is 24.3 Å². The molecule has 1 aromatic rings. The van der Waals surface area contributed by atoms with Crippen LogP contribution in [0.5, 0.6) is 0 Å². The summed E-state index contributed by atoms with van der Waals surface area (Å²) in [6.45, 7) is 0. The summed E-state index contributed by atoms with van der Waals surface area (Å²) in [6.07, 6.45) is 6.05. The predicted molar refractivity (Wildman–Crippen MR) is 44.6 cm³/mol. The quantitative estimate of drug-likeness (QED) is 0.551. The van der Waals surface area contributed by atoms with Gasteiger partial charge in [0, 0.05) is 5.56 Å². The molecule has 0 aliphatic heterocycles. The summed E-state index contributed by atoms with van der Waals surface area (Å²) in [5.41, 5.74) is 3.28. The van der Waals surface area contributed by atoms with Gasteiger partial charge >= 0.3 is 0 Å². The molecular formula is C10H8O. The highest BCUT2D eigenvalue weighted by Gasteiger charge is 2.04. The molecule has 1 nitrogen and oxygen atoms in total. The third-order valence-corrected chi connectivity index (χ3v) is 1.94. The Morgan fingerprint density at radius 1 is 1.36 bits per heavy atom. The predicted octanol–water partition coefficient (Wildman–Crippen LogP) is 2.07. The van der Waals surface area contributed by atoms with Gasteiger partial charge in [-0.2, -0.15) is 0 Å². The minimum atomic E-state index is 0.771. The molecule has 1 aromatic carbocycles. The van der Waals surface area contributed by atoms with Gasteiger partial charge in [0.25, 0.3) is 0 Å². The van der Waals surface area contributed by atoms with Crippen LogP contribution >= 0.6 is 0 Å². The zero-order chi connectivity index (χ0) is 7.68. The maximum Gasteiger partial charge on any atom is 0.150 e. The van der Waals surface area contributed by atoms with Crippen LogP contribution in [0.25, 0.3) is 6.08 Å². The number of allylic oxidation sites excluding steroid dienone is 1. The number of carbonyl (C=O) groups excluding carboxylic acids is 1. The van der Waals surface area contributed by atoms with Gasteiger partial charge in [-0.25, -0.2) is 0 Å². The third kappa shape index (κ3) is 0.984. The highest BCUT2D eigenvalue weighted by atomic mass is 16.1. The Labute approximate surface area is 65.4 Å². The van der Waals surface area contributed by atoms with Crippen LogP contribution in [0, 0.1) is 0 Å². The van der Waals surface area contributed by atoms with E-state index in [0.717, 1.165) is 18.3 Å². The molecule has 0 saturated carbocycles. The summed E-state index contributed by atoms with van der Waals surface area (Å²) in [7, 11) is 0. The van der Waals surface area contributed by atoms with Crippen molar-refractivity contribution in [1.29, 1.82) is 0 Å². The number of benzene rings is 1. The Hall–Kier alpha value is -1.37. The lowest BCUT2D eigenvalue weighted by atomic mass is 10.1. The topological polar surface area (TPSA) is 17.1 Å². The van der Waals surface area contributed by atoms with Crippen LogP contribution in [-0.4, -0.2) is 6.29 Å². The Kier molecular flexibility index (Phi) is 1.35. The molecule has 0 amide bonds. The largest absolute Gasteiger partial charge is 0.298 e. The van der Waals surface area contributed by atoms with Crippen molar-refractivity contribution in [2.75, 3.05) is 0 Å². The monoisotopic (exact) mass is 144 g/mol. The van der Waals surface area contributed by atoms with E-state index in [1.54, 1.807) is 0 Å². The number of hydrogen-bond donors (Lipinski definition) is 0. The highest BCUT2D eigenvalue weighted by Crippen LogP contribution is 2.19. The third-order valence-electron chi connectivity index (χ3n) is 1.94. The van der Waals surface area contributed by atoms with Gasteiger partial charge in [0.15, 0.2) is 0 Å². The van der Waals surface area contributed by atoms with E-state index < -0.39 is 0 Å². The lowest BCUT2D eigenvalue weighted by Crippen LogP contribution is -1.85. The molecule has 0 unspecified atom stereocenters. The maximum absolute atomic E-state index is 10.4. The summed E-state index contributed by atoms with van der Waals surface area (Å²) < 4.78 is 0. The lowest BCUT2D eigenvalue weighted by molar-refractivity contribution is 0.112. The Morgan fingerprint density at radius 2 is 2.27 bits per heavy atom. The second-order valence-electron chi connectivity index (χ2n) is 2.68. The van der Waals surface area contributed by atoms with Crippen LogP contribution in [0.15, 0.2) is 24.3 Å². The minimum absolute atomic E-state index is 0.771. The molecule has 0 atom stereocenters. The van der Waals surface area contributed by atoms with Crippen molar-refractivity contribution in [3.8, 4) is 0 Å². The van der Waals surface area contributed by atoms with Gasteiger partial charge < -0.3 is 0 Å². The van der Waals surface area contributed by atoms with Crippen molar-refractivity contribution in [1.82, 2.24) is 0 Å². The zero-order valence-corrected chi connectivity index (χ0v) is 6.08. The average molecular weight is 144 g/mol. The van der Waals surface area contributed by atoms with Crippen LogP contribution in [-0.2, 0) is 6.42 Å². The first kappa shape index (κ1) is 6.35. The summed E-state index contributed by atoms with van der Waals surface area (Å²) in [5, 5.41) is 0. The van der Waals surface area contributed by atoms with E-state index in [2.05, 4.69) is 12.2 Å². The molecule has 0 radical (unpaired) electrons. The normalized spacial score (nSPS) is 13.1. The van der Waals surface area contributed by atoms with E-state index in [1.165, 1.54) is 11.1 Å². The number of fused-ring (bicyclic) bond motifs is 1. The van der Waals surface area contributed by atoms with E-state index in [1.807, 2.05) is 18.2 Å². The number of carbonyl (C=O) groups is 1. The van der Waals surface area contributed by atoms with Crippen molar-refractivity contribution in [3.63, 3.8) is 0 Å². The Balaban J connectivity index is 2.53. The van der Waals surface area contributed by atoms with Crippen molar-refractivity contribution in [2.24, 2.45) is 0 Å². The molecule has 1 heteroatoms. The molecule has 2 rings (SSSR count). The average Bonchev–Trinajstić information content (AvgIpc) is 2.50. The van der Waals surface area contributed by atoms with Crippen molar-refractivity contribution < 1.29 is 4.79 Å². The molecule has 0 N–H and O–H groups in total. The molecule has 11 heavy (non-hydrogen) atoms. The zero-order valence-electron chi connectivity index (χ0n) is 6.08.